The van der Waals surface area contributed by atoms with Crippen molar-refractivity contribution in [3.05, 3.63) is 71.8 Å². The van der Waals surface area contributed by atoms with Gasteiger partial charge in [0.1, 0.15) is 0 Å². The van der Waals surface area contributed by atoms with Gasteiger partial charge in [0.25, 0.3) is 0 Å². The smallest absolute Gasteiger partial charge is 0.307 e. The number of halogens is 1. The van der Waals surface area contributed by atoms with E-state index >= 15 is 0 Å². The fourth-order valence-corrected chi connectivity index (χ4v) is 4.82. The molecule has 1 heterocycles. The fourth-order valence-electron chi connectivity index (χ4n) is 3.59. The maximum absolute atomic E-state index is 11.2. The van der Waals surface area contributed by atoms with Crippen LogP contribution >= 0.6 is 24.2 Å². The Kier molecular flexibility index (Phi) is 9.19. The first-order chi connectivity index (χ1) is 12.7. The quantitative estimate of drug-likeness (QED) is 0.619. The highest BCUT2D eigenvalue weighted by Crippen LogP contribution is 2.35. The summed E-state index contributed by atoms with van der Waals surface area (Å²) < 4.78 is 0. The second-order valence-corrected chi connectivity index (χ2v) is 8.12. The molecule has 2 aromatic carbocycles. The Balaban J connectivity index is 0.00000261. The minimum atomic E-state index is -0.641. The van der Waals surface area contributed by atoms with Crippen LogP contribution in [0.3, 0.4) is 0 Å². The molecule has 1 atom stereocenters. The van der Waals surface area contributed by atoms with Crippen molar-refractivity contribution >= 4 is 30.1 Å². The van der Waals surface area contributed by atoms with Crippen molar-refractivity contribution < 1.29 is 9.90 Å². The molecule has 1 saturated heterocycles. The molecule has 27 heavy (non-hydrogen) atoms. The van der Waals surface area contributed by atoms with Crippen molar-refractivity contribution in [2.24, 2.45) is 5.92 Å². The molecule has 0 unspecified atom stereocenters. The largest absolute Gasteiger partial charge is 0.481 e. The molecule has 0 radical (unpaired) electrons. The van der Waals surface area contributed by atoms with E-state index in [-0.39, 0.29) is 18.3 Å². The zero-order chi connectivity index (χ0) is 18.2. The molecule has 0 amide bonds. The molecule has 146 valence electrons. The van der Waals surface area contributed by atoms with Crippen molar-refractivity contribution in [1.82, 2.24) is 4.90 Å². The normalized spacial score (nSPS) is 17.4. The first kappa shape index (κ1) is 21.8. The van der Waals surface area contributed by atoms with Crippen LogP contribution in [0.25, 0.3) is 0 Å². The number of benzene rings is 2. The van der Waals surface area contributed by atoms with E-state index in [0.29, 0.717) is 11.8 Å². The molecule has 3 nitrogen and oxygen atoms in total. The third-order valence-corrected chi connectivity index (χ3v) is 6.36. The van der Waals surface area contributed by atoms with Crippen LogP contribution in [0, 0.1) is 5.92 Å². The minimum absolute atomic E-state index is 0. The first-order valence-corrected chi connectivity index (χ1v) is 10.5. The molecule has 1 aliphatic rings. The molecular formula is C22H28ClNO2S. The van der Waals surface area contributed by atoms with Crippen LogP contribution in [0.1, 0.15) is 35.6 Å². The van der Waals surface area contributed by atoms with Crippen LogP contribution in [-0.2, 0) is 4.79 Å². The standard InChI is InChI=1S/C22H27NO2S.ClH/c24-22(25)20-13-7-14-23(17-20)15-8-16-26-21(18-9-3-1-4-10-18)19-11-5-2-6-12-19;/h1-6,9-12,20-21H,7-8,13-17H2,(H,24,25);1H/t20-;/m1./s1. The molecular weight excluding hydrogens is 378 g/mol. The second-order valence-electron chi connectivity index (χ2n) is 6.90. The van der Waals surface area contributed by atoms with Crippen molar-refractivity contribution in [1.29, 1.82) is 0 Å². The molecule has 0 aromatic heterocycles. The van der Waals surface area contributed by atoms with Crippen molar-refractivity contribution in [2.75, 3.05) is 25.4 Å². The highest BCUT2D eigenvalue weighted by molar-refractivity contribution is 7.99. The van der Waals surface area contributed by atoms with Gasteiger partial charge in [0.15, 0.2) is 0 Å². The van der Waals surface area contributed by atoms with E-state index in [2.05, 4.69) is 65.6 Å². The van der Waals surface area contributed by atoms with Crippen molar-refractivity contribution in [3.63, 3.8) is 0 Å². The highest BCUT2D eigenvalue weighted by atomic mass is 35.5. The summed E-state index contributed by atoms with van der Waals surface area (Å²) >= 11 is 1.98. The van der Waals surface area contributed by atoms with Gasteiger partial charge in [-0.05, 0) is 49.2 Å². The molecule has 3 rings (SSSR count). The molecule has 1 fully saturated rings. The monoisotopic (exact) mass is 405 g/mol. The number of carbonyl (C=O) groups is 1. The fraction of sp³-hybridized carbons (Fsp3) is 0.409. The van der Waals surface area contributed by atoms with Gasteiger partial charge in [-0.25, -0.2) is 0 Å². The molecule has 5 heteroatoms. The van der Waals surface area contributed by atoms with Crippen molar-refractivity contribution in [2.45, 2.75) is 24.5 Å². The summed E-state index contributed by atoms with van der Waals surface area (Å²) in [5.41, 5.74) is 2.68. The number of hydrogen-bond acceptors (Lipinski definition) is 3. The zero-order valence-electron chi connectivity index (χ0n) is 15.5. The Morgan fingerprint density at radius 1 is 1.07 bits per heavy atom. The summed E-state index contributed by atoms with van der Waals surface area (Å²) in [6, 6.07) is 21.3. The molecule has 0 aliphatic carbocycles. The second kappa shape index (κ2) is 11.4. The SMILES string of the molecule is Cl.O=C(O)[C@@H]1CCCN(CCCSC(c2ccccc2)c2ccccc2)C1. The highest BCUT2D eigenvalue weighted by Gasteiger charge is 2.25. The van der Waals surface area contributed by atoms with Gasteiger partial charge in [0, 0.05) is 6.54 Å². The summed E-state index contributed by atoms with van der Waals surface area (Å²) in [5, 5.41) is 9.57. The number of hydrogen-bond donors (Lipinski definition) is 1. The van der Waals surface area contributed by atoms with Gasteiger partial charge in [-0.3, -0.25) is 4.79 Å². The lowest BCUT2D eigenvalue weighted by Gasteiger charge is -2.30. The average Bonchev–Trinajstić information content (AvgIpc) is 2.69. The summed E-state index contributed by atoms with van der Waals surface area (Å²) in [7, 11) is 0. The lowest BCUT2D eigenvalue weighted by molar-refractivity contribution is -0.143. The van der Waals surface area contributed by atoms with E-state index in [1.54, 1.807) is 0 Å². The lowest BCUT2D eigenvalue weighted by Crippen LogP contribution is -2.39. The Bertz CT molecular complexity index is 644. The van der Waals surface area contributed by atoms with Gasteiger partial charge in [0.05, 0.1) is 11.2 Å². The summed E-state index contributed by atoms with van der Waals surface area (Å²) in [6.45, 7) is 2.74. The van der Waals surface area contributed by atoms with Gasteiger partial charge in [0.2, 0.25) is 0 Å². The van der Waals surface area contributed by atoms with Crippen LogP contribution < -0.4 is 0 Å². The molecule has 2 aromatic rings. The van der Waals surface area contributed by atoms with E-state index in [1.165, 1.54) is 11.1 Å². The van der Waals surface area contributed by atoms with E-state index < -0.39 is 5.97 Å². The Labute approximate surface area is 172 Å². The Morgan fingerprint density at radius 3 is 2.22 bits per heavy atom. The number of carboxylic acid groups (broad SMARTS) is 1. The van der Waals surface area contributed by atoms with Gasteiger partial charge >= 0.3 is 5.97 Å². The van der Waals surface area contributed by atoms with Gasteiger partial charge in [-0.2, -0.15) is 0 Å². The van der Waals surface area contributed by atoms with Crippen molar-refractivity contribution in [3.8, 4) is 0 Å². The molecule has 0 spiro atoms. The average molecular weight is 406 g/mol. The van der Waals surface area contributed by atoms with Crippen LogP contribution in [0.2, 0.25) is 0 Å². The number of thioether (sulfide) groups is 1. The van der Waals surface area contributed by atoms with Crippen LogP contribution in [-0.4, -0.2) is 41.4 Å². The van der Waals surface area contributed by atoms with E-state index in [1.807, 2.05) is 11.8 Å². The predicted molar refractivity (Wildman–Crippen MR) is 116 cm³/mol. The minimum Gasteiger partial charge on any atom is -0.481 e. The van der Waals surface area contributed by atoms with Gasteiger partial charge < -0.3 is 10.0 Å². The lowest BCUT2D eigenvalue weighted by atomic mass is 9.98. The summed E-state index contributed by atoms with van der Waals surface area (Å²) in [5.74, 6) is 0.248. The zero-order valence-corrected chi connectivity index (χ0v) is 17.1. The summed E-state index contributed by atoms with van der Waals surface area (Å²) in [4.78, 5) is 13.5. The number of piperidine rings is 1. The maximum atomic E-state index is 11.2. The predicted octanol–water partition coefficient (Wildman–Crippen LogP) is 5.12. The molecule has 1 N–H and O–H groups in total. The van der Waals surface area contributed by atoms with Gasteiger partial charge in [-0.1, -0.05) is 60.7 Å². The molecule has 0 bridgehead atoms. The number of carboxylic acids is 1. The maximum Gasteiger partial charge on any atom is 0.307 e. The number of rotatable bonds is 8. The number of likely N-dealkylation sites (tertiary alicyclic amines) is 1. The Morgan fingerprint density at radius 2 is 1.67 bits per heavy atom. The van der Waals surface area contributed by atoms with E-state index in [9.17, 15) is 9.90 Å². The van der Waals surface area contributed by atoms with E-state index in [4.69, 9.17) is 0 Å². The third-order valence-electron chi connectivity index (χ3n) is 4.96. The number of nitrogens with zero attached hydrogens (tertiary/aromatic N) is 1. The topological polar surface area (TPSA) is 40.5 Å². The van der Waals surface area contributed by atoms with Crippen LogP contribution in [0.15, 0.2) is 60.7 Å². The summed E-state index contributed by atoms with van der Waals surface area (Å²) in [6.07, 6.45) is 2.92. The van der Waals surface area contributed by atoms with E-state index in [0.717, 1.165) is 38.1 Å². The molecule has 1 aliphatic heterocycles. The molecule has 0 saturated carbocycles. The van der Waals surface area contributed by atoms with Crippen LogP contribution in [0.5, 0.6) is 0 Å². The Hall–Kier alpha value is -1.49. The third kappa shape index (κ3) is 6.56. The number of aliphatic carboxylic acids is 1. The van der Waals surface area contributed by atoms with Gasteiger partial charge in [-0.15, -0.1) is 24.2 Å². The first-order valence-electron chi connectivity index (χ1n) is 9.40. The van der Waals surface area contributed by atoms with Crippen LogP contribution in [0.4, 0.5) is 0 Å².